The fourth-order valence-electron chi connectivity index (χ4n) is 1.83. The first kappa shape index (κ1) is 8.05. The summed E-state index contributed by atoms with van der Waals surface area (Å²) in [5.41, 5.74) is 0. The third-order valence-corrected chi connectivity index (χ3v) is 2.86. The van der Waals surface area contributed by atoms with Crippen LogP contribution in [0.3, 0.4) is 0 Å². The van der Waals surface area contributed by atoms with Crippen molar-refractivity contribution in [2.45, 2.75) is 38.3 Å². The molecule has 0 aromatic rings. The van der Waals surface area contributed by atoms with Crippen LogP contribution in [0, 0.1) is 5.92 Å². The molecule has 1 aliphatic heterocycles. The lowest BCUT2D eigenvalue weighted by Gasteiger charge is -2.36. The van der Waals surface area contributed by atoms with Crippen molar-refractivity contribution in [2.75, 3.05) is 6.54 Å². The van der Waals surface area contributed by atoms with Gasteiger partial charge in [0.1, 0.15) is 0 Å². The van der Waals surface area contributed by atoms with Gasteiger partial charge in [0.2, 0.25) is 5.91 Å². The highest BCUT2D eigenvalue weighted by Gasteiger charge is 2.31. The number of nitrogens with one attached hydrogen (secondary N) is 2. The standard InChI is InChI=1S/C9H16N2O/c1-6-4-7(5-6)11-9(12)8-2-3-10-8/h6-8,10H,2-5H2,1H3,(H,11,12)/t6?,7?,8-/m1/s1. The molecule has 1 amide bonds. The zero-order chi connectivity index (χ0) is 8.55. The Hall–Kier alpha value is -0.570. The molecule has 2 rings (SSSR count). The summed E-state index contributed by atoms with van der Waals surface area (Å²) >= 11 is 0. The van der Waals surface area contributed by atoms with Crippen LogP contribution >= 0.6 is 0 Å². The van der Waals surface area contributed by atoms with Crippen molar-refractivity contribution in [1.29, 1.82) is 0 Å². The zero-order valence-corrected chi connectivity index (χ0v) is 7.47. The number of hydrogen-bond donors (Lipinski definition) is 2. The van der Waals surface area contributed by atoms with Crippen LogP contribution < -0.4 is 10.6 Å². The topological polar surface area (TPSA) is 41.1 Å². The molecule has 0 spiro atoms. The molecular weight excluding hydrogens is 152 g/mol. The summed E-state index contributed by atoms with van der Waals surface area (Å²) in [6, 6.07) is 0.579. The molecule has 0 radical (unpaired) electrons. The first-order valence-corrected chi connectivity index (χ1v) is 4.79. The Balaban J connectivity index is 1.69. The van der Waals surface area contributed by atoms with E-state index in [0.717, 1.165) is 18.9 Å². The molecule has 1 heterocycles. The summed E-state index contributed by atoms with van der Waals surface area (Å²) in [6.07, 6.45) is 3.34. The molecule has 0 bridgehead atoms. The van der Waals surface area contributed by atoms with Gasteiger partial charge < -0.3 is 10.6 Å². The van der Waals surface area contributed by atoms with E-state index in [1.807, 2.05) is 0 Å². The maximum Gasteiger partial charge on any atom is 0.237 e. The van der Waals surface area contributed by atoms with E-state index in [4.69, 9.17) is 0 Å². The Morgan fingerprint density at radius 2 is 2.17 bits per heavy atom. The van der Waals surface area contributed by atoms with Crippen LogP contribution in [0.25, 0.3) is 0 Å². The second-order valence-corrected chi connectivity index (χ2v) is 4.08. The molecule has 0 aromatic carbocycles. The molecule has 1 atom stereocenters. The van der Waals surface area contributed by atoms with Crippen LogP contribution in [0.1, 0.15) is 26.2 Å². The molecule has 1 aliphatic carbocycles. The first-order valence-electron chi connectivity index (χ1n) is 4.79. The van der Waals surface area contributed by atoms with E-state index in [1.54, 1.807) is 0 Å². The molecule has 2 aliphatic rings. The van der Waals surface area contributed by atoms with Gasteiger partial charge in [0.05, 0.1) is 6.04 Å². The summed E-state index contributed by atoms with van der Waals surface area (Å²) in [5.74, 6) is 1.02. The molecule has 12 heavy (non-hydrogen) atoms. The highest BCUT2D eigenvalue weighted by Crippen LogP contribution is 2.26. The number of hydrogen-bond acceptors (Lipinski definition) is 2. The Kier molecular flexibility index (Phi) is 2.05. The smallest absolute Gasteiger partial charge is 0.237 e. The minimum atomic E-state index is 0.112. The molecular formula is C9H16N2O. The minimum Gasteiger partial charge on any atom is -0.352 e. The van der Waals surface area contributed by atoms with E-state index in [-0.39, 0.29) is 11.9 Å². The first-order chi connectivity index (χ1) is 5.75. The Morgan fingerprint density at radius 3 is 2.58 bits per heavy atom. The molecule has 3 nitrogen and oxygen atoms in total. The van der Waals surface area contributed by atoms with Crippen molar-refractivity contribution in [1.82, 2.24) is 10.6 Å². The number of rotatable bonds is 2. The third kappa shape index (κ3) is 1.46. The van der Waals surface area contributed by atoms with Crippen molar-refractivity contribution < 1.29 is 4.79 Å². The van der Waals surface area contributed by atoms with Crippen LogP contribution in [0.4, 0.5) is 0 Å². The Labute approximate surface area is 72.9 Å². The van der Waals surface area contributed by atoms with Gasteiger partial charge in [-0.2, -0.15) is 0 Å². The molecule has 0 aromatic heterocycles. The summed E-state index contributed by atoms with van der Waals surface area (Å²) in [7, 11) is 0. The minimum absolute atomic E-state index is 0.112. The molecule has 1 saturated heterocycles. The van der Waals surface area contributed by atoms with Crippen LogP contribution in [0.5, 0.6) is 0 Å². The van der Waals surface area contributed by atoms with Gasteiger partial charge in [-0.15, -0.1) is 0 Å². The summed E-state index contributed by atoms with van der Waals surface area (Å²) in [4.78, 5) is 11.4. The van der Waals surface area contributed by atoms with E-state index in [2.05, 4.69) is 17.6 Å². The van der Waals surface area contributed by atoms with E-state index in [1.165, 1.54) is 12.8 Å². The van der Waals surface area contributed by atoms with E-state index in [0.29, 0.717) is 6.04 Å². The van der Waals surface area contributed by atoms with Crippen molar-refractivity contribution in [2.24, 2.45) is 5.92 Å². The van der Waals surface area contributed by atoms with Crippen LogP contribution in [-0.2, 0) is 4.79 Å². The maximum absolute atomic E-state index is 11.4. The van der Waals surface area contributed by atoms with Crippen LogP contribution in [-0.4, -0.2) is 24.5 Å². The number of carbonyl (C=O) groups excluding carboxylic acids is 1. The van der Waals surface area contributed by atoms with Gasteiger partial charge in [-0.3, -0.25) is 4.79 Å². The second kappa shape index (κ2) is 3.05. The van der Waals surface area contributed by atoms with Crippen molar-refractivity contribution in [3.8, 4) is 0 Å². The highest BCUT2D eigenvalue weighted by atomic mass is 16.2. The molecule has 68 valence electrons. The predicted molar refractivity (Wildman–Crippen MR) is 46.7 cm³/mol. The van der Waals surface area contributed by atoms with Gasteiger partial charge in [0.25, 0.3) is 0 Å². The zero-order valence-electron chi connectivity index (χ0n) is 7.47. The molecule has 3 heteroatoms. The van der Waals surface area contributed by atoms with Gasteiger partial charge in [-0.1, -0.05) is 6.92 Å². The summed E-state index contributed by atoms with van der Waals surface area (Å²) in [6.45, 7) is 3.23. The average Bonchev–Trinajstić information content (AvgIpc) is 1.79. The molecule has 2 N–H and O–H groups in total. The number of carbonyl (C=O) groups is 1. The highest BCUT2D eigenvalue weighted by molar-refractivity contribution is 5.82. The normalized spacial score (nSPS) is 39.6. The second-order valence-electron chi connectivity index (χ2n) is 4.08. The fraction of sp³-hybridized carbons (Fsp3) is 0.889. The largest absolute Gasteiger partial charge is 0.352 e. The van der Waals surface area contributed by atoms with Crippen molar-refractivity contribution in [3.05, 3.63) is 0 Å². The van der Waals surface area contributed by atoms with Crippen LogP contribution in [0.2, 0.25) is 0 Å². The van der Waals surface area contributed by atoms with Crippen molar-refractivity contribution >= 4 is 5.91 Å². The average molecular weight is 168 g/mol. The molecule has 0 unspecified atom stereocenters. The summed E-state index contributed by atoms with van der Waals surface area (Å²) < 4.78 is 0. The lowest BCUT2D eigenvalue weighted by molar-refractivity contribution is -0.126. The Morgan fingerprint density at radius 1 is 1.50 bits per heavy atom. The van der Waals surface area contributed by atoms with E-state index >= 15 is 0 Å². The van der Waals surface area contributed by atoms with Gasteiger partial charge in [-0.25, -0.2) is 0 Å². The predicted octanol–water partition coefficient (Wildman–Crippen LogP) is 0.263. The quantitative estimate of drug-likeness (QED) is 0.621. The SMILES string of the molecule is CC1CC(NC(=O)[C@H]2CCN2)C1. The summed E-state index contributed by atoms with van der Waals surface area (Å²) in [5, 5.41) is 6.15. The third-order valence-electron chi connectivity index (χ3n) is 2.86. The monoisotopic (exact) mass is 168 g/mol. The van der Waals surface area contributed by atoms with Crippen molar-refractivity contribution in [3.63, 3.8) is 0 Å². The molecule has 2 fully saturated rings. The van der Waals surface area contributed by atoms with Gasteiger partial charge in [0, 0.05) is 6.04 Å². The van der Waals surface area contributed by atoms with Crippen LogP contribution in [0.15, 0.2) is 0 Å². The fourth-order valence-corrected chi connectivity index (χ4v) is 1.83. The molecule has 1 saturated carbocycles. The lowest BCUT2D eigenvalue weighted by Crippen LogP contribution is -2.56. The Bertz CT molecular complexity index is 183. The van der Waals surface area contributed by atoms with E-state index in [9.17, 15) is 4.79 Å². The lowest BCUT2D eigenvalue weighted by atomic mass is 9.81. The number of amides is 1. The van der Waals surface area contributed by atoms with Gasteiger partial charge in [0.15, 0.2) is 0 Å². The maximum atomic E-state index is 11.4. The van der Waals surface area contributed by atoms with E-state index < -0.39 is 0 Å². The van der Waals surface area contributed by atoms with Gasteiger partial charge in [-0.05, 0) is 31.7 Å². The van der Waals surface area contributed by atoms with Gasteiger partial charge >= 0.3 is 0 Å².